The first-order chi connectivity index (χ1) is 9.65. The van der Waals surface area contributed by atoms with E-state index in [9.17, 15) is 0 Å². The molecule has 3 N–H and O–H groups in total. The van der Waals surface area contributed by atoms with Crippen molar-refractivity contribution in [2.75, 3.05) is 6.61 Å². The molecule has 4 heteroatoms. The van der Waals surface area contributed by atoms with Crippen LogP contribution in [0, 0.1) is 5.92 Å². The zero-order valence-corrected chi connectivity index (χ0v) is 12.5. The lowest BCUT2D eigenvalue weighted by Gasteiger charge is -2.11. The molecule has 0 saturated heterocycles. The largest absolute Gasteiger partial charge is 0.396 e. The van der Waals surface area contributed by atoms with Crippen LogP contribution in [0.4, 0.5) is 0 Å². The van der Waals surface area contributed by atoms with Gasteiger partial charge in [-0.15, -0.1) is 0 Å². The number of aromatic nitrogens is 2. The van der Waals surface area contributed by atoms with Crippen LogP contribution in [0.3, 0.4) is 0 Å². The molecule has 0 saturated carbocycles. The molecule has 0 atom stereocenters. The third-order valence-corrected chi connectivity index (χ3v) is 3.48. The number of aliphatic hydroxyl groups is 1. The van der Waals surface area contributed by atoms with Crippen LogP contribution in [0.5, 0.6) is 0 Å². The number of rotatable bonds is 7. The van der Waals surface area contributed by atoms with E-state index in [1.165, 1.54) is 5.52 Å². The van der Waals surface area contributed by atoms with E-state index >= 15 is 0 Å². The number of hydrogen-bond donors (Lipinski definition) is 2. The summed E-state index contributed by atoms with van der Waals surface area (Å²) in [5.74, 6) is 1.70. The fourth-order valence-corrected chi connectivity index (χ4v) is 2.51. The lowest BCUT2D eigenvalue weighted by molar-refractivity contribution is 0.284. The van der Waals surface area contributed by atoms with Crippen LogP contribution in [-0.4, -0.2) is 21.3 Å². The molecule has 0 bridgehead atoms. The predicted molar refractivity (Wildman–Crippen MR) is 82.5 cm³/mol. The Labute approximate surface area is 120 Å². The Morgan fingerprint density at radius 3 is 2.75 bits per heavy atom. The first-order valence-electron chi connectivity index (χ1n) is 7.44. The van der Waals surface area contributed by atoms with Crippen LogP contribution in [0.1, 0.15) is 38.1 Å². The Balaban J connectivity index is 2.36. The number of aliphatic hydroxyl groups excluding tert-OH is 1. The highest BCUT2D eigenvalue weighted by atomic mass is 16.2. The summed E-state index contributed by atoms with van der Waals surface area (Å²) >= 11 is 0. The minimum atomic E-state index is 0.252. The quantitative estimate of drug-likeness (QED) is 0.763. The maximum atomic E-state index is 8.93. The first kappa shape index (κ1) is 15.0. The van der Waals surface area contributed by atoms with Crippen molar-refractivity contribution in [2.45, 2.75) is 46.2 Å². The second-order valence-corrected chi connectivity index (χ2v) is 5.74. The Bertz CT molecular complexity index is 560. The van der Waals surface area contributed by atoms with Gasteiger partial charge in [0, 0.05) is 26.1 Å². The summed E-state index contributed by atoms with van der Waals surface area (Å²) in [5, 5.41) is 8.93. The average molecular weight is 275 g/mol. The van der Waals surface area contributed by atoms with E-state index in [1.807, 2.05) is 0 Å². The van der Waals surface area contributed by atoms with Crippen LogP contribution in [0.2, 0.25) is 0 Å². The Morgan fingerprint density at radius 2 is 2.10 bits per heavy atom. The van der Waals surface area contributed by atoms with Crippen LogP contribution in [0.25, 0.3) is 11.0 Å². The van der Waals surface area contributed by atoms with Crippen molar-refractivity contribution in [1.29, 1.82) is 0 Å². The molecule has 4 nitrogen and oxygen atoms in total. The van der Waals surface area contributed by atoms with Gasteiger partial charge in [-0.05, 0) is 36.5 Å². The highest BCUT2D eigenvalue weighted by Crippen LogP contribution is 2.20. The number of fused-ring (bicyclic) bond motifs is 1. The molecular formula is C16H25N3O. The van der Waals surface area contributed by atoms with Crippen molar-refractivity contribution in [1.82, 2.24) is 9.55 Å². The molecule has 1 aromatic heterocycles. The topological polar surface area (TPSA) is 64.1 Å². The third-order valence-electron chi connectivity index (χ3n) is 3.48. The minimum absolute atomic E-state index is 0.252. The van der Waals surface area contributed by atoms with Gasteiger partial charge >= 0.3 is 0 Å². The van der Waals surface area contributed by atoms with Crippen LogP contribution < -0.4 is 5.73 Å². The van der Waals surface area contributed by atoms with Gasteiger partial charge in [0.1, 0.15) is 5.82 Å². The number of aryl methyl sites for hydroxylation is 1. The van der Waals surface area contributed by atoms with Crippen LogP contribution in [0.15, 0.2) is 18.2 Å². The lowest BCUT2D eigenvalue weighted by Crippen LogP contribution is -2.09. The summed E-state index contributed by atoms with van der Waals surface area (Å²) in [4.78, 5) is 4.77. The predicted octanol–water partition coefficient (Wildman–Crippen LogP) is 2.47. The first-order valence-corrected chi connectivity index (χ1v) is 7.44. The molecule has 0 radical (unpaired) electrons. The highest BCUT2D eigenvalue weighted by Gasteiger charge is 2.12. The number of benzene rings is 1. The van der Waals surface area contributed by atoms with E-state index in [0.717, 1.165) is 42.7 Å². The second kappa shape index (κ2) is 6.86. The van der Waals surface area contributed by atoms with Crippen molar-refractivity contribution < 1.29 is 5.11 Å². The number of unbranched alkanes of at least 4 members (excludes halogenated alkanes) is 1. The molecule has 0 aliphatic heterocycles. The molecule has 0 aliphatic carbocycles. The number of hydrogen-bond acceptors (Lipinski definition) is 3. The maximum Gasteiger partial charge on any atom is 0.109 e. The van der Waals surface area contributed by atoms with Crippen molar-refractivity contribution in [3.8, 4) is 0 Å². The van der Waals surface area contributed by atoms with E-state index < -0.39 is 0 Å². The fraction of sp³-hybridized carbons (Fsp3) is 0.562. The molecule has 0 fully saturated rings. The van der Waals surface area contributed by atoms with Crippen LogP contribution in [-0.2, 0) is 19.5 Å². The molecule has 0 aliphatic rings. The number of nitrogens with two attached hydrogens (primary N) is 1. The van der Waals surface area contributed by atoms with Crippen molar-refractivity contribution in [3.63, 3.8) is 0 Å². The van der Waals surface area contributed by atoms with E-state index in [2.05, 4.69) is 36.6 Å². The smallest absolute Gasteiger partial charge is 0.109 e. The molecule has 1 aromatic carbocycles. The normalized spacial score (nSPS) is 11.7. The molecule has 0 unspecified atom stereocenters. The fourth-order valence-electron chi connectivity index (χ4n) is 2.51. The molecule has 0 amide bonds. The molecular weight excluding hydrogens is 250 g/mol. The highest BCUT2D eigenvalue weighted by molar-refractivity contribution is 5.77. The van der Waals surface area contributed by atoms with Crippen molar-refractivity contribution >= 4 is 11.0 Å². The number of nitrogens with zero attached hydrogens (tertiary/aromatic N) is 2. The van der Waals surface area contributed by atoms with Gasteiger partial charge in [0.25, 0.3) is 0 Å². The summed E-state index contributed by atoms with van der Waals surface area (Å²) in [7, 11) is 0. The summed E-state index contributed by atoms with van der Waals surface area (Å²) < 4.78 is 2.32. The molecule has 110 valence electrons. The standard InChI is InChI=1S/C16H25N3O/c1-12(2)11-19-15-7-6-13(10-17)9-14(15)18-16(19)5-3-4-8-20/h6-7,9,12,20H,3-5,8,10-11,17H2,1-2H3. The molecule has 2 aromatic rings. The second-order valence-electron chi connectivity index (χ2n) is 5.74. The zero-order chi connectivity index (χ0) is 14.5. The van der Waals surface area contributed by atoms with E-state index in [1.54, 1.807) is 0 Å². The van der Waals surface area contributed by atoms with Gasteiger partial charge < -0.3 is 15.4 Å². The van der Waals surface area contributed by atoms with E-state index in [4.69, 9.17) is 15.8 Å². The molecule has 20 heavy (non-hydrogen) atoms. The summed E-state index contributed by atoms with van der Waals surface area (Å²) in [6, 6.07) is 6.29. The van der Waals surface area contributed by atoms with E-state index in [-0.39, 0.29) is 6.61 Å². The van der Waals surface area contributed by atoms with Crippen molar-refractivity contribution in [2.24, 2.45) is 11.7 Å². The van der Waals surface area contributed by atoms with Gasteiger partial charge in [-0.1, -0.05) is 19.9 Å². The molecule has 0 spiro atoms. The Hall–Kier alpha value is -1.39. The maximum absolute atomic E-state index is 8.93. The summed E-state index contributed by atoms with van der Waals surface area (Å²) in [5.41, 5.74) is 9.05. The minimum Gasteiger partial charge on any atom is -0.396 e. The SMILES string of the molecule is CC(C)Cn1c(CCCCO)nc2cc(CN)ccc21. The van der Waals surface area contributed by atoms with Crippen LogP contribution >= 0.6 is 0 Å². The molecule has 1 heterocycles. The van der Waals surface area contributed by atoms with Gasteiger partial charge in [0.15, 0.2) is 0 Å². The van der Waals surface area contributed by atoms with Gasteiger partial charge in [-0.25, -0.2) is 4.98 Å². The summed E-state index contributed by atoms with van der Waals surface area (Å²) in [6.07, 6.45) is 2.72. The molecule has 2 rings (SSSR count). The number of imidazole rings is 1. The van der Waals surface area contributed by atoms with E-state index in [0.29, 0.717) is 12.5 Å². The average Bonchev–Trinajstić information content (AvgIpc) is 2.76. The van der Waals surface area contributed by atoms with Gasteiger partial charge in [-0.2, -0.15) is 0 Å². The monoisotopic (exact) mass is 275 g/mol. The Morgan fingerprint density at radius 1 is 1.30 bits per heavy atom. The van der Waals surface area contributed by atoms with Crippen molar-refractivity contribution in [3.05, 3.63) is 29.6 Å². The third kappa shape index (κ3) is 3.38. The summed E-state index contributed by atoms with van der Waals surface area (Å²) in [6.45, 7) is 6.22. The van der Waals surface area contributed by atoms with Gasteiger partial charge in [0.05, 0.1) is 11.0 Å². The zero-order valence-electron chi connectivity index (χ0n) is 12.5. The Kier molecular flexibility index (Phi) is 5.15. The van der Waals surface area contributed by atoms with Gasteiger partial charge in [-0.3, -0.25) is 0 Å². The lowest BCUT2D eigenvalue weighted by atomic mass is 10.2. The van der Waals surface area contributed by atoms with Gasteiger partial charge in [0.2, 0.25) is 0 Å².